The van der Waals surface area contributed by atoms with Crippen LogP contribution in [0.5, 0.6) is 5.75 Å². The second-order valence-electron chi connectivity index (χ2n) is 13.4. The predicted octanol–water partition coefficient (Wildman–Crippen LogP) is -2.46. The quantitative estimate of drug-likeness (QED) is 0.0715. The van der Waals surface area contributed by atoms with Gasteiger partial charge in [-0.3, -0.25) is 19.8 Å². The first-order chi connectivity index (χ1) is 25.0. The normalized spacial score (nSPS) is 18.9. The number of carbonyl (C=O) groups is 3. The standard InChI is InChI=1S/C36H45N3O15/c1-20-11-10-12-21(2)29(20)54-19-25(40)17-26(32(44,45)23-13-6-4-7-14-23)27(41)18-28(33(46,47)24-15-8-5-9-16-24)37-30(42)22(3)39-31(43)38-35(50,51)34(48,49)36(39,52)53/h4-16,22,26-28,41,44-53H,17-19H2,1-3H3,(H,37,42)(H,38,43). The fraction of sp³-hybridized carbons (Fsp3) is 0.417. The van der Waals surface area contributed by atoms with Gasteiger partial charge in [-0.2, -0.15) is 0 Å². The van der Waals surface area contributed by atoms with Crippen LogP contribution in [0.15, 0.2) is 78.9 Å². The molecule has 13 N–H and O–H groups in total. The molecule has 3 amide bonds. The lowest BCUT2D eigenvalue weighted by atomic mass is 9.80. The largest absolute Gasteiger partial charge is 0.485 e. The number of rotatable bonds is 15. The first-order valence-corrected chi connectivity index (χ1v) is 16.6. The number of ketones is 1. The molecule has 18 heteroatoms. The molecule has 54 heavy (non-hydrogen) atoms. The smallest absolute Gasteiger partial charge is 0.326 e. The number of hydrogen-bond acceptors (Lipinski definition) is 15. The Morgan fingerprint density at radius 2 is 1.31 bits per heavy atom. The molecule has 1 fully saturated rings. The van der Waals surface area contributed by atoms with Crippen molar-refractivity contribution in [3.05, 3.63) is 101 Å². The van der Waals surface area contributed by atoms with Crippen LogP contribution in [0.25, 0.3) is 0 Å². The molecule has 4 rings (SSSR count). The van der Waals surface area contributed by atoms with Crippen molar-refractivity contribution in [2.24, 2.45) is 5.92 Å². The molecule has 0 aliphatic carbocycles. The van der Waals surface area contributed by atoms with Crippen LogP contribution in [0.3, 0.4) is 0 Å². The third-order valence-electron chi connectivity index (χ3n) is 9.45. The summed E-state index contributed by atoms with van der Waals surface area (Å²) in [6.07, 6.45) is -3.78. The van der Waals surface area contributed by atoms with Gasteiger partial charge in [0.15, 0.2) is 11.6 Å². The maximum absolute atomic E-state index is 13.6. The zero-order valence-corrected chi connectivity index (χ0v) is 29.4. The molecule has 1 aliphatic rings. The zero-order valence-electron chi connectivity index (χ0n) is 29.4. The highest BCUT2D eigenvalue weighted by Crippen LogP contribution is 2.38. The van der Waals surface area contributed by atoms with E-state index in [-0.39, 0.29) is 16.0 Å². The lowest BCUT2D eigenvalue weighted by molar-refractivity contribution is -0.495. The van der Waals surface area contributed by atoms with Crippen LogP contribution in [-0.4, -0.2) is 121 Å². The van der Waals surface area contributed by atoms with E-state index in [0.717, 1.165) is 18.1 Å². The van der Waals surface area contributed by atoms with Crippen molar-refractivity contribution in [1.82, 2.24) is 15.5 Å². The second kappa shape index (κ2) is 15.7. The highest BCUT2D eigenvalue weighted by molar-refractivity contribution is 5.88. The monoisotopic (exact) mass is 759 g/mol. The minimum Gasteiger partial charge on any atom is -0.485 e. The zero-order chi connectivity index (χ0) is 40.4. The van der Waals surface area contributed by atoms with Crippen molar-refractivity contribution < 1.29 is 75.3 Å². The van der Waals surface area contributed by atoms with Gasteiger partial charge in [0.1, 0.15) is 18.4 Å². The summed E-state index contributed by atoms with van der Waals surface area (Å²) in [5.41, 5.74) is 1.01. The molecule has 0 bridgehead atoms. The Hall–Kier alpha value is -4.57. The van der Waals surface area contributed by atoms with E-state index in [1.807, 2.05) is 0 Å². The minimum absolute atomic E-state index is 0.160. The van der Waals surface area contributed by atoms with E-state index in [1.165, 1.54) is 59.9 Å². The number of nitrogens with zero attached hydrogens (tertiary/aromatic N) is 1. The van der Waals surface area contributed by atoms with E-state index >= 15 is 0 Å². The Labute approximate surface area is 308 Å². The SMILES string of the molecule is Cc1cccc(C)c1OCC(=O)CC(C(O)CC(NC(=O)C(C)N1C(=O)NC(O)(O)C(O)(O)C1(O)O)C(O)(O)c1ccccc1)C(O)(O)c1ccccc1. The number of ether oxygens (including phenoxy) is 1. The Balaban J connectivity index is 1.69. The molecule has 1 saturated heterocycles. The van der Waals surface area contributed by atoms with Gasteiger partial charge in [0.25, 0.3) is 0 Å². The van der Waals surface area contributed by atoms with Crippen molar-refractivity contribution in [2.45, 2.75) is 81.0 Å². The molecule has 1 aliphatic heterocycles. The summed E-state index contributed by atoms with van der Waals surface area (Å²) in [6, 6.07) is 13.1. The van der Waals surface area contributed by atoms with Crippen LogP contribution in [-0.2, 0) is 21.2 Å². The fourth-order valence-electron chi connectivity index (χ4n) is 6.24. The van der Waals surface area contributed by atoms with E-state index in [4.69, 9.17) is 4.74 Å². The first kappa shape index (κ1) is 42.2. The van der Waals surface area contributed by atoms with Gasteiger partial charge in [-0.1, -0.05) is 78.9 Å². The molecule has 0 saturated carbocycles. The molecular formula is C36H45N3O15. The van der Waals surface area contributed by atoms with Crippen LogP contribution in [0, 0.1) is 19.8 Å². The van der Waals surface area contributed by atoms with Crippen LogP contribution < -0.4 is 15.4 Å². The van der Waals surface area contributed by atoms with Gasteiger partial charge in [0.2, 0.25) is 11.7 Å². The molecule has 294 valence electrons. The molecular weight excluding hydrogens is 714 g/mol. The van der Waals surface area contributed by atoms with Gasteiger partial charge in [0, 0.05) is 17.5 Å². The first-order valence-electron chi connectivity index (χ1n) is 16.6. The number of aliphatic hydroxyl groups excluding tert-OH is 1. The fourth-order valence-corrected chi connectivity index (χ4v) is 6.24. The molecule has 1 heterocycles. The average Bonchev–Trinajstić information content (AvgIpc) is 3.09. The average molecular weight is 760 g/mol. The summed E-state index contributed by atoms with van der Waals surface area (Å²) >= 11 is 0. The lowest BCUT2D eigenvalue weighted by Crippen LogP contribution is -2.86. The summed E-state index contributed by atoms with van der Waals surface area (Å²) in [7, 11) is 0. The summed E-state index contributed by atoms with van der Waals surface area (Å²) in [5.74, 6) is -22.3. The molecule has 3 aromatic carbocycles. The summed E-state index contributed by atoms with van der Waals surface area (Å²) in [4.78, 5) is 39.4. The van der Waals surface area contributed by atoms with Crippen molar-refractivity contribution >= 4 is 17.7 Å². The van der Waals surface area contributed by atoms with Gasteiger partial charge in [-0.25, -0.2) is 4.79 Å². The maximum Gasteiger partial charge on any atom is 0.326 e. The molecule has 0 aromatic heterocycles. The number of hydrogen-bond donors (Lipinski definition) is 13. The molecule has 0 radical (unpaired) electrons. The number of benzene rings is 3. The molecule has 3 aromatic rings. The lowest BCUT2D eigenvalue weighted by Gasteiger charge is -2.52. The van der Waals surface area contributed by atoms with Crippen molar-refractivity contribution in [1.29, 1.82) is 0 Å². The van der Waals surface area contributed by atoms with Crippen LogP contribution in [0.1, 0.15) is 42.0 Å². The third-order valence-corrected chi connectivity index (χ3v) is 9.45. The Morgan fingerprint density at radius 3 is 1.83 bits per heavy atom. The summed E-state index contributed by atoms with van der Waals surface area (Å²) in [5, 5.41) is 122. The number of urea groups is 1. The van der Waals surface area contributed by atoms with Gasteiger partial charge in [-0.15, -0.1) is 0 Å². The number of nitrogens with one attached hydrogen (secondary N) is 2. The van der Waals surface area contributed by atoms with E-state index in [1.54, 1.807) is 38.1 Å². The van der Waals surface area contributed by atoms with Crippen molar-refractivity contribution in [3.8, 4) is 5.75 Å². The Morgan fingerprint density at radius 1 is 0.815 bits per heavy atom. The minimum atomic E-state index is -4.33. The Bertz CT molecular complexity index is 1780. The van der Waals surface area contributed by atoms with Gasteiger partial charge >= 0.3 is 23.6 Å². The Kier molecular flexibility index (Phi) is 12.2. The predicted molar refractivity (Wildman–Crippen MR) is 184 cm³/mol. The van der Waals surface area contributed by atoms with Crippen LogP contribution in [0.2, 0.25) is 0 Å². The topological polar surface area (TPSA) is 310 Å². The van der Waals surface area contributed by atoms with E-state index in [0.29, 0.717) is 5.75 Å². The summed E-state index contributed by atoms with van der Waals surface area (Å²) in [6.45, 7) is 3.77. The van der Waals surface area contributed by atoms with Crippen molar-refractivity contribution in [3.63, 3.8) is 0 Å². The van der Waals surface area contributed by atoms with Gasteiger partial charge < -0.3 is 66.2 Å². The number of para-hydroxylation sites is 1. The summed E-state index contributed by atoms with van der Waals surface area (Å²) < 4.78 is 5.73. The molecule has 0 spiro atoms. The number of carbonyl (C=O) groups excluding carboxylic acids is 3. The number of Topliss-reactive ketones (excluding diaryl/α,β-unsaturated/α-hetero) is 1. The second-order valence-corrected chi connectivity index (χ2v) is 13.4. The van der Waals surface area contributed by atoms with E-state index in [9.17, 15) is 70.6 Å². The molecule has 4 unspecified atom stereocenters. The maximum atomic E-state index is 13.6. The van der Waals surface area contributed by atoms with E-state index < -0.39 is 90.5 Å². The highest BCUT2D eigenvalue weighted by atomic mass is 16.7. The third kappa shape index (κ3) is 8.23. The van der Waals surface area contributed by atoms with Crippen LogP contribution >= 0.6 is 0 Å². The van der Waals surface area contributed by atoms with Gasteiger partial charge in [0.05, 0.1) is 18.1 Å². The number of aryl methyl sites for hydroxylation is 2. The highest BCUT2D eigenvalue weighted by Gasteiger charge is 2.71. The number of amides is 3. The molecule has 4 atom stereocenters. The van der Waals surface area contributed by atoms with Crippen molar-refractivity contribution in [2.75, 3.05) is 6.61 Å². The molecule has 18 nitrogen and oxygen atoms in total. The van der Waals surface area contributed by atoms with Crippen LogP contribution in [0.4, 0.5) is 4.79 Å². The van der Waals surface area contributed by atoms with E-state index in [2.05, 4.69) is 5.32 Å². The number of aliphatic hydroxyl groups is 11. The van der Waals surface area contributed by atoms with Gasteiger partial charge in [-0.05, 0) is 38.3 Å².